The van der Waals surface area contributed by atoms with E-state index in [0.29, 0.717) is 5.92 Å². The quantitative estimate of drug-likeness (QED) is 0.631. The van der Waals surface area contributed by atoms with E-state index in [2.05, 4.69) is 48.8 Å². The van der Waals surface area contributed by atoms with Crippen LogP contribution in [0.1, 0.15) is 24.5 Å². The minimum Gasteiger partial charge on any atom is -0.372 e. The highest BCUT2D eigenvalue weighted by molar-refractivity contribution is 14.1. The van der Waals surface area contributed by atoms with Gasteiger partial charge in [0.25, 0.3) is 0 Å². The van der Waals surface area contributed by atoms with Gasteiger partial charge in [-0.05, 0) is 57.4 Å². The molecule has 19 heavy (non-hydrogen) atoms. The fourth-order valence-electron chi connectivity index (χ4n) is 1.82. The van der Waals surface area contributed by atoms with Gasteiger partial charge in [-0.2, -0.15) is 0 Å². The first-order chi connectivity index (χ1) is 9.10. The minimum atomic E-state index is 0.597. The zero-order valence-electron chi connectivity index (χ0n) is 10.0. The van der Waals surface area contributed by atoms with E-state index in [1.165, 1.54) is 24.2 Å². The number of nitrogens with one attached hydrogen (secondary N) is 1. The fraction of sp³-hybridized carbons (Fsp3) is 0.333. The molecule has 0 radical (unpaired) electrons. The van der Waals surface area contributed by atoms with Gasteiger partial charge >= 0.3 is 0 Å². The van der Waals surface area contributed by atoms with Crippen LogP contribution in [0.4, 0.5) is 5.82 Å². The van der Waals surface area contributed by atoms with Crippen LogP contribution in [0.3, 0.4) is 0 Å². The second kappa shape index (κ2) is 5.46. The molecular weight excluding hydrogens is 460 g/mol. The molecule has 0 atom stereocenters. The second-order valence-corrected chi connectivity index (χ2v) is 7.94. The molecule has 0 saturated heterocycles. The van der Waals surface area contributed by atoms with Crippen molar-refractivity contribution in [2.75, 3.05) is 12.4 Å². The van der Waals surface area contributed by atoms with Crippen molar-refractivity contribution in [3.05, 3.63) is 24.1 Å². The summed E-state index contributed by atoms with van der Waals surface area (Å²) < 4.78 is 2.76. The number of hydrogen-bond acceptors (Lipinski definition) is 4. The summed E-state index contributed by atoms with van der Waals surface area (Å²) in [6.45, 7) is 0. The Hall–Kier alpha value is 0.0800. The molecule has 0 bridgehead atoms. The number of thiophene rings is 1. The van der Waals surface area contributed by atoms with Crippen LogP contribution >= 0.6 is 61.5 Å². The zero-order chi connectivity index (χ0) is 13.6. The molecule has 7 heteroatoms. The maximum Gasteiger partial charge on any atom is 0.172 e. The van der Waals surface area contributed by atoms with Crippen molar-refractivity contribution < 1.29 is 0 Å². The molecule has 1 aliphatic rings. The maximum atomic E-state index is 6.10. The summed E-state index contributed by atoms with van der Waals surface area (Å²) in [5, 5.41) is 3.15. The van der Waals surface area contributed by atoms with Crippen LogP contribution in [0.5, 0.6) is 0 Å². The van der Waals surface area contributed by atoms with E-state index >= 15 is 0 Å². The Morgan fingerprint density at radius 3 is 2.74 bits per heavy atom. The first kappa shape index (κ1) is 14.0. The number of anilines is 1. The predicted molar refractivity (Wildman–Crippen MR) is 92.3 cm³/mol. The Bertz CT molecular complexity index is 623. The Morgan fingerprint density at radius 1 is 1.47 bits per heavy atom. The molecule has 2 aromatic rings. The van der Waals surface area contributed by atoms with E-state index in [0.717, 1.165) is 34.6 Å². The molecule has 2 aromatic heterocycles. The standard InChI is InChI=1S/C12H10BrClIN3S/c1-16-12-8(15)9(5-2-3-5)17-11(18-12)7-4-6(13)10(14)19-7/h4-5H,2-3H2,1H3,(H,16,17,18). The van der Waals surface area contributed by atoms with Gasteiger partial charge in [0, 0.05) is 17.4 Å². The van der Waals surface area contributed by atoms with Crippen molar-refractivity contribution >= 4 is 67.3 Å². The molecule has 3 nitrogen and oxygen atoms in total. The smallest absolute Gasteiger partial charge is 0.172 e. The number of nitrogens with zero attached hydrogens (tertiary/aromatic N) is 2. The third-order valence-corrected chi connectivity index (χ3v) is 6.48. The number of aromatic nitrogens is 2. The predicted octanol–water partition coefficient (Wildman–Crippen LogP) is 5.14. The topological polar surface area (TPSA) is 37.8 Å². The van der Waals surface area contributed by atoms with Gasteiger partial charge in [0.2, 0.25) is 0 Å². The normalized spacial score (nSPS) is 14.7. The molecular formula is C12H10BrClIN3S. The largest absolute Gasteiger partial charge is 0.372 e. The van der Waals surface area contributed by atoms with E-state index in [-0.39, 0.29) is 0 Å². The molecule has 0 aliphatic heterocycles. The summed E-state index contributed by atoms with van der Waals surface area (Å²) >= 11 is 13.3. The summed E-state index contributed by atoms with van der Waals surface area (Å²) in [5.41, 5.74) is 1.16. The first-order valence-corrected chi connectivity index (χ1v) is 8.87. The van der Waals surface area contributed by atoms with Crippen LogP contribution in [0.2, 0.25) is 4.34 Å². The minimum absolute atomic E-state index is 0.597. The highest BCUT2D eigenvalue weighted by atomic mass is 127. The lowest BCUT2D eigenvalue weighted by molar-refractivity contribution is 0.981. The van der Waals surface area contributed by atoms with E-state index < -0.39 is 0 Å². The first-order valence-electron chi connectivity index (χ1n) is 5.80. The number of hydrogen-bond donors (Lipinski definition) is 1. The van der Waals surface area contributed by atoms with Gasteiger partial charge in [0.15, 0.2) is 5.82 Å². The van der Waals surface area contributed by atoms with Crippen molar-refractivity contribution in [3.63, 3.8) is 0 Å². The lowest BCUT2D eigenvalue weighted by Crippen LogP contribution is -2.04. The summed E-state index contributed by atoms with van der Waals surface area (Å²) in [6, 6.07) is 1.98. The third-order valence-electron chi connectivity index (χ3n) is 2.94. The van der Waals surface area contributed by atoms with Crippen molar-refractivity contribution in [3.8, 4) is 10.7 Å². The molecule has 3 rings (SSSR count). The average Bonchev–Trinajstić information content (AvgIpc) is 3.17. The summed E-state index contributed by atoms with van der Waals surface area (Å²) in [7, 11) is 1.89. The van der Waals surface area contributed by atoms with Crippen LogP contribution in [0.15, 0.2) is 10.5 Å². The Balaban J connectivity index is 2.12. The van der Waals surface area contributed by atoms with Gasteiger partial charge < -0.3 is 5.32 Å². The van der Waals surface area contributed by atoms with E-state index in [1.54, 1.807) is 0 Å². The second-order valence-electron chi connectivity index (χ2n) is 4.35. The monoisotopic (exact) mass is 469 g/mol. The molecule has 0 unspecified atom stereocenters. The summed E-state index contributed by atoms with van der Waals surface area (Å²) in [4.78, 5) is 10.3. The fourth-order valence-corrected chi connectivity index (χ4v) is 4.41. The van der Waals surface area contributed by atoms with Gasteiger partial charge in [-0.3, -0.25) is 0 Å². The molecule has 0 aromatic carbocycles. The third kappa shape index (κ3) is 2.77. The van der Waals surface area contributed by atoms with Crippen LogP contribution in [0, 0.1) is 3.57 Å². The molecule has 1 fully saturated rings. The van der Waals surface area contributed by atoms with Gasteiger partial charge in [0.1, 0.15) is 10.2 Å². The molecule has 0 spiro atoms. The highest BCUT2D eigenvalue weighted by Crippen LogP contribution is 2.44. The van der Waals surface area contributed by atoms with Gasteiger partial charge in [-0.15, -0.1) is 11.3 Å². The van der Waals surface area contributed by atoms with Crippen molar-refractivity contribution in [1.82, 2.24) is 9.97 Å². The van der Waals surface area contributed by atoms with E-state index in [9.17, 15) is 0 Å². The number of halogens is 3. The van der Waals surface area contributed by atoms with Crippen molar-refractivity contribution in [2.24, 2.45) is 0 Å². The highest BCUT2D eigenvalue weighted by Gasteiger charge is 2.29. The van der Waals surface area contributed by atoms with Crippen LogP contribution in [-0.4, -0.2) is 17.0 Å². The van der Waals surface area contributed by atoms with Crippen molar-refractivity contribution in [2.45, 2.75) is 18.8 Å². The summed E-state index contributed by atoms with van der Waals surface area (Å²) in [5.74, 6) is 2.25. The van der Waals surface area contributed by atoms with Crippen molar-refractivity contribution in [1.29, 1.82) is 0 Å². The molecule has 1 aliphatic carbocycles. The Morgan fingerprint density at radius 2 is 2.21 bits per heavy atom. The van der Waals surface area contributed by atoms with Crippen LogP contribution in [-0.2, 0) is 0 Å². The number of rotatable bonds is 3. The van der Waals surface area contributed by atoms with Crippen LogP contribution in [0.25, 0.3) is 10.7 Å². The Labute approximate surface area is 142 Å². The SMILES string of the molecule is CNc1nc(-c2cc(Br)c(Cl)s2)nc(C2CC2)c1I. The van der Waals surface area contributed by atoms with Gasteiger partial charge in [0.05, 0.1) is 14.1 Å². The van der Waals surface area contributed by atoms with Gasteiger partial charge in [-0.1, -0.05) is 11.6 Å². The lowest BCUT2D eigenvalue weighted by Gasteiger charge is -2.09. The van der Waals surface area contributed by atoms with Crippen LogP contribution < -0.4 is 5.32 Å². The van der Waals surface area contributed by atoms with E-state index in [4.69, 9.17) is 16.6 Å². The zero-order valence-corrected chi connectivity index (χ0v) is 15.3. The van der Waals surface area contributed by atoms with Gasteiger partial charge in [-0.25, -0.2) is 9.97 Å². The molecule has 2 heterocycles. The molecule has 1 saturated carbocycles. The molecule has 0 amide bonds. The Kier molecular flexibility index (Phi) is 4.03. The summed E-state index contributed by atoms with van der Waals surface area (Å²) in [6.07, 6.45) is 2.45. The molecule has 100 valence electrons. The average molecular weight is 471 g/mol. The molecule has 1 N–H and O–H groups in total. The van der Waals surface area contributed by atoms with E-state index in [1.807, 2.05) is 13.1 Å². The maximum absolute atomic E-state index is 6.10. The lowest BCUT2D eigenvalue weighted by atomic mass is 10.2.